The van der Waals surface area contributed by atoms with Crippen LogP contribution in [0.25, 0.3) is 11.3 Å². The summed E-state index contributed by atoms with van der Waals surface area (Å²) in [5, 5.41) is 0. The monoisotopic (exact) mass is 325 g/mol. The van der Waals surface area contributed by atoms with Gasteiger partial charge in [0.2, 0.25) is 0 Å². The smallest absolute Gasteiger partial charge is 0.138 e. The number of aromatic nitrogens is 2. The molecule has 1 aromatic carbocycles. The predicted molar refractivity (Wildman–Crippen MR) is 79.5 cm³/mol. The average Bonchev–Trinajstić information content (AvgIpc) is 2.57. The molecule has 2 N–H and O–H groups in total. The maximum absolute atomic E-state index is 13.6. The van der Waals surface area contributed by atoms with Gasteiger partial charge in [-0.15, -0.1) is 0 Å². The summed E-state index contributed by atoms with van der Waals surface area (Å²) in [4.78, 5) is 4.47. The number of anilines is 1. The van der Waals surface area contributed by atoms with Crippen LogP contribution < -0.4 is 5.73 Å². The number of aryl methyl sites for hydroxylation is 1. The minimum absolute atomic E-state index is 0.159. The summed E-state index contributed by atoms with van der Waals surface area (Å²) in [5.74, 6) is 1.06. The summed E-state index contributed by atoms with van der Waals surface area (Å²) in [7, 11) is 0. The molecule has 1 heterocycles. The molecule has 0 fully saturated rings. The molecule has 0 spiro atoms. The van der Waals surface area contributed by atoms with Crippen LogP contribution in [0.1, 0.15) is 26.6 Å². The van der Waals surface area contributed by atoms with E-state index >= 15 is 0 Å². The summed E-state index contributed by atoms with van der Waals surface area (Å²) in [5.41, 5.74) is 7.33. The second kappa shape index (κ2) is 4.63. The summed E-state index contributed by atoms with van der Waals surface area (Å²) in [6, 6.07) is 4.91. The lowest BCUT2D eigenvalue weighted by molar-refractivity contribution is 0.393. The summed E-state index contributed by atoms with van der Waals surface area (Å²) in [6.45, 7) is 8.08. The first-order valence-electron chi connectivity index (χ1n) is 6.02. The molecular weight excluding hydrogens is 309 g/mol. The first-order chi connectivity index (χ1) is 8.71. The molecule has 1 aromatic heterocycles. The van der Waals surface area contributed by atoms with Crippen LogP contribution in [0.3, 0.4) is 0 Å². The number of rotatable bonds is 1. The van der Waals surface area contributed by atoms with Crippen molar-refractivity contribution in [3.63, 3.8) is 0 Å². The maximum Gasteiger partial charge on any atom is 0.138 e. The van der Waals surface area contributed by atoms with Crippen LogP contribution in [0.15, 0.2) is 22.7 Å². The Labute approximate surface area is 120 Å². The van der Waals surface area contributed by atoms with Crippen molar-refractivity contribution in [2.24, 2.45) is 0 Å². The fourth-order valence-corrected chi connectivity index (χ4v) is 2.50. The second-order valence-electron chi connectivity index (χ2n) is 5.53. The van der Waals surface area contributed by atoms with Crippen molar-refractivity contribution < 1.29 is 4.39 Å². The molecule has 2 aromatic rings. The van der Waals surface area contributed by atoms with Gasteiger partial charge in [0, 0.05) is 11.1 Å². The van der Waals surface area contributed by atoms with Gasteiger partial charge < -0.3 is 10.3 Å². The highest BCUT2D eigenvalue weighted by atomic mass is 79.9. The van der Waals surface area contributed by atoms with E-state index in [0.29, 0.717) is 21.5 Å². The van der Waals surface area contributed by atoms with E-state index in [4.69, 9.17) is 5.73 Å². The van der Waals surface area contributed by atoms with Crippen molar-refractivity contribution in [2.45, 2.75) is 33.2 Å². The number of nitrogens with two attached hydrogens (primary N) is 1. The topological polar surface area (TPSA) is 43.8 Å². The Kier molecular flexibility index (Phi) is 3.43. The highest BCUT2D eigenvalue weighted by Gasteiger charge is 2.22. The Morgan fingerprint density at radius 3 is 2.42 bits per heavy atom. The third-order valence-corrected chi connectivity index (χ3v) is 3.59. The third-order valence-electron chi connectivity index (χ3n) is 2.94. The standard InChI is InChI=1S/C14H17BrFN3/c1-8-18-12(13(17)19(8)14(2,3)4)9-5-6-10(15)11(16)7-9/h5-7H,17H2,1-4H3. The number of imidazole rings is 1. The number of nitrogen functional groups attached to an aromatic ring is 1. The fourth-order valence-electron chi connectivity index (χ4n) is 2.25. The van der Waals surface area contributed by atoms with E-state index in [9.17, 15) is 4.39 Å². The van der Waals surface area contributed by atoms with Crippen LogP contribution in [0, 0.1) is 12.7 Å². The predicted octanol–water partition coefficient (Wildman–Crippen LogP) is 4.10. The molecule has 0 atom stereocenters. The van der Waals surface area contributed by atoms with Gasteiger partial charge in [-0.3, -0.25) is 0 Å². The van der Waals surface area contributed by atoms with E-state index < -0.39 is 0 Å². The molecular formula is C14H17BrFN3. The molecule has 0 saturated carbocycles. The van der Waals surface area contributed by atoms with Gasteiger partial charge in [0.05, 0.1) is 4.47 Å². The van der Waals surface area contributed by atoms with Crippen LogP contribution in [0.4, 0.5) is 10.2 Å². The zero-order chi connectivity index (χ0) is 14.4. The number of halogens is 2. The molecule has 5 heteroatoms. The van der Waals surface area contributed by atoms with Crippen molar-refractivity contribution in [3.05, 3.63) is 34.3 Å². The molecule has 0 aliphatic rings. The molecule has 102 valence electrons. The maximum atomic E-state index is 13.6. The third kappa shape index (κ3) is 2.52. The van der Waals surface area contributed by atoms with Gasteiger partial charge in [0.1, 0.15) is 23.2 Å². The molecule has 0 bridgehead atoms. The Bertz CT molecular complexity index is 626. The van der Waals surface area contributed by atoms with Gasteiger partial charge in [-0.25, -0.2) is 9.37 Å². The summed E-state index contributed by atoms with van der Waals surface area (Å²) < 4.78 is 16.0. The number of nitrogens with zero attached hydrogens (tertiary/aromatic N) is 2. The molecule has 0 aliphatic carbocycles. The Morgan fingerprint density at radius 1 is 1.32 bits per heavy atom. The molecule has 0 aliphatic heterocycles. The van der Waals surface area contributed by atoms with Crippen molar-refractivity contribution in [1.29, 1.82) is 0 Å². The van der Waals surface area contributed by atoms with Crippen LogP contribution in [-0.4, -0.2) is 9.55 Å². The lowest BCUT2D eigenvalue weighted by atomic mass is 10.1. The van der Waals surface area contributed by atoms with Crippen molar-refractivity contribution in [1.82, 2.24) is 9.55 Å². The van der Waals surface area contributed by atoms with Crippen LogP contribution in [0.5, 0.6) is 0 Å². The van der Waals surface area contributed by atoms with Gasteiger partial charge in [-0.2, -0.15) is 0 Å². The zero-order valence-electron chi connectivity index (χ0n) is 11.5. The quantitative estimate of drug-likeness (QED) is 0.857. The van der Waals surface area contributed by atoms with Crippen LogP contribution >= 0.6 is 15.9 Å². The Morgan fingerprint density at radius 2 is 1.95 bits per heavy atom. The van der Waals surface area contributed by atoms with Gasteiger partial charge in [-0.1, -0.05) is 6.07 Å². The average molecular weight is 326 g/mol. The van der Waals surface area contributed by atoms with E-state index in [2.05, 4.69) is 41.7 Å². The largest absolute Gasteiger partial charge is 0.383 e. The first kappa shape index (κ1) is 14.1. The summed E-state index contributed by atoms with van der Waals surface area (Å²) in [6.07, 6.45) is 0. The van der Waals surface area contributed by atoms with E-state index in [1.807, 2.05) is 11.5 Å². The van der Waals surface area contributed by atoms with Gasteiger partial charge in [-0.05, 0) is 55.8 Å². The molecule has 19 heavy (non-hydrogen) atoms. The number of hydrogen-bond donors (Lipinski definition) is 1. The number of hydrogen-bond acceptors (Lipinski definition) is 2. The Balaban J connectivity index is 2.61. The number of benzene rings is 1. The fraction of sp³-hybridized carbons (Fsp3) is 0.357. The normalized spacial score (nSPS) is 11.9. The summed E-state index contributed by atoms with van der Waals surface area (Å²) >= 11 is 3.14. The van der Waals surface area contributed by atoms with E-state index in [1.165, 1.54) is 6.07 Å². The highest BCUT2D eigenvalue weighted by Crippen LogP contribution is 2.32. The molecule has 0 amide bonds. The van der Waals surface area contributed by atoms with E-state index in [0.717, 1.165) is 5.82 Å². The first-order valence-corrected chi connectivity index (χ1v) is 6.82. The highest BCUT2D eigenvalue weighted by molar-refractivity contribution is 9.10. The van der Waals surface area contributed by atoms with Crippen LogP contribution in [-0.2, 0) is 5.54 Å². The minimum Gasteiger partial charge on any atom is -0.383 e. The van der Waals surface area contributed by atoms with Gasteiger partial charge >= 0.3 is 0 Å². The van der Waals surface area contributed by atoms with Crippen molar-refractivity contribution in [2.75, 3.05) is 5.73 Å². The SMILES string of the molecule is Cc1nc(-c2ccc(Br)c(F)c2)c(N)n1C(C)(C)C. The van der Waals surface area contributed by atoms with E-state index in [-0.39, 0.29) is 11.4 Å². The van der Waals surface area contributed by atoms with E-state index in [1.54, 1.807) is 12.1 Å². The molecule has 2 rings (SSSR count). The van der Waals surface area contributed by atoms with Crippen molar-refractivity contribution >= 4 is 21.7 Å². The molecule has 0 radical (unpaired) electrons. The second-order valence-corrected chi connectivity index (χ2v) is 6.38. The van der Waals surface area contributed by atoms with Gasteiger partial charge in [0.25, 0.3) is 0 Å². The molecule has 0 saturated heterocycles. The lowest BCUT2D eigenvalue weighted by Gasteiger charge is -2.24. The lowest BCUT2D eigenvalue weighted by Crippen LogP contribution is -2.24. The minimum atomic E-state index is -0.320. The molecule has 0 unspecified atom stereocenters. The van der Waals surface area contributed by atoms with Gasteiger partial charge in [0.15, 0.2) is 0 Å². The zero-order valence-corrected chi connectivity index (χ0v) is 13.0. The van der Waals surface area contributed by atoms with Crippen LogP contribution in [0.2, 0.25) is 0 Å². The van der Waals surface area contributed by atoms with Crippen molar-refractivity contribution in [3.8, 4) is 11.3 Å². The molecule has 3 nitrogen and oxygen atoms in total. The Hall–Kier alpha value is -1.36.